The molecule has 0 aliphatic carbocycles. The Labute approximate surface area is 159 Å². The first-order chi connectivity index (χ1) is 13.0. The van der Waals surface area contributed by atoms with Crippen molar-refractivity contribution in [3.8, 4) is 0 Å². The van der Waals surface area contributed by atoms with E-state index >= 15 is 0 Å². The highest BCUT2D eigenvalue weighted by molar-refractivity contribution is 7.21. The van der Waals surface area contributed by atoms with E-state index in [0.29, 0.717) is 37.7 Å². The Balaban J connectivity index is 1.76. The Morgan fingerprint density at radius 1 is 1.19 bits per heavy atom. The van der Waals surface area contributed by atoms with E-state index in [4.69, 9.17) is 5.73 Å². The van der Waals surface area contributed by atoms with E-state index in [1.165, 1.54) is 18.3 Å². The molecule has 1 aromatic carbocycles. The maximum atomic E-state index is 12.9. The molecule has 3 heterocycles. The standard InChI is InChI=1S/C20H16N4O2S/c1-10-13(11(2)25)8-14-17(21)18(27-20(14)23-10)19(26)24-16-5-3-4-12-6-7-22-9-15(12)16/h3-9H,21H2,1-2H3,(H,24,26). The number of Topliss-reactive ketones (excluding diaryl/α,β-unsaturated/α-hetero) is 1. The number of hydrogen-bond donors (Lipinski definition) is 2. The molecule has 134 valence electrons. The van der Waals surface area contributed by atoms with E-state index in [9.17, 15) is 9.59 Å². The summed E-state index contributed by atoms with van der Waals surface area (Å²) in [5.41, 5.74) is 8.35. The van der Waals surface area contributed by atoms with Crippen LogP contribution in [0, 0.1) is 6.92 Å². The molecule has 0 aliphatic rings. The van der Waals surface area contributed by atoms with Gasteiger partial charge in [-0.25, -0.2) is 4.98 Å². The highest BCUT2D eigenvalue weighted by atomic mass is 32.1. The van der Waals surface area contributed by atoms with Gasteiger partial charge in [-0.05, 0) is 37.4 Å². The van der Waals surface area contributed by atoms with E-state index in [0.717, 1.165) is 10.8 Å². The molecule has 3 N–H and O–H groups in total. The van der Waals surface area contributed by atoms with Crippen LogP contribution < -0.4 is 11.1 Å². The van der Waals surface area contributed by atoms with Crippen molar-refractivity contribution >= 4 is 55.4 Å². The number of pyridine rings is 2. The summed E-state index contributed by atoms with van der Waals surface area (Å²) in [4.78, 5) is 34.2. The number of rotatable bonds is 3. The van der Waals surface area contributed by atoms with Gasteiger partial charge in [-0.3, -0.25) is 14.6 Å². The number of fused-ring (bicyclic) bond motifs is 2. The minimum atomic E-state index is -0.311. The average Bonchev–Trinajstić information content (AvgIpc) is 2.97. The number of carbonyl (C=O) groups excluding carboxylic acids is 2. The Morgan fingerprint density at radius 3 is 2.78 bits per heavy atom. The van der Waals surface area contributed by atoms with Crippen LogP contribution in [0.25, 0.3) is 21.0 Å². The number of hydrogen-bond acceptors (Lipinski definition) is 6. The minimum absolute atomic E-state index is 0.0817. The number of nitrogens with zero attached hydrogens (tertiary/aromatic N) is 2. The Bertz CT molecular complexity index is 1220. The lowest BCUT2D eigenvalue weighted by molar-refractivity contribution is 0.101. The van der Waals surface area contributed by atoms with Crippen molar-refractivity contribution in [1.29, 1.82) is 0 Å². The molecule has 27 heavy (non-hydrogen) atoms. The van der Waals surface area contributed by atoms with Crippen LogP contribution in [-0.4, -0.2) is 21.7 Å². The van der Waals surface area contributed by atoms with Crippen molar-refractivity contribution in [2.45, 2.75) is 13.8 Å². The third-order valence-electron chi connectivity index (χ3n) is 4.43. The van der Waals surface area contributed by atoms with Crippen LogP contribution in [-0.2, 0) is 0 Å². The van der Waals surface area contributed by atoms with Crippen LogP contribution in [0.15, 0.2) is 42.7 Å². The lowest BCUT2D eigenvalue weighted by Crippen LogP contribution is -2.12. The number of anilines is 2. The number of nitrogens with one attached hydrogen (secondary N) is 1. The van der Waals surface area contributed by atoms with Crippen molar-refractivity contribution in [3.63, 3.8) is 0 Å². The molecule has 0 atom stereocenters. The molecule has 4 aromatic rings. The van der Waals surface area contributed by atoms with Crippen molar-refractivity contribution in [2.24, 2.45) is 0 Å². The third kappa shape index (κ3) is 2.92. The molecule has 0 aliphatic heterocycles. The summed E-state index contributed by atoms with van der Waals surface area (Å²) in [6.45, 7) is 3.26. The van der Waals surface area contributed by atoms with Crippen LogP contribution >= 0.6 is 11.3 Å². The molecule has 0 spiro atoms. The molecule has 4 rings (SSSR count). The van der Waals surface area contributed by atoms with Crippen molar-refractivity contribution in [3.05, 3.63) is 58.9 Å². The minimum Gasteiger partial charge on any atom is -0.397 e. The van der Waals surface area contributed by atoms with Crippen LogP contribution in [0.1, 0.15) is 32.6 Å². The second kappa shape index (κ2) is 6.44. The molecule has 1 amide bonds. The second-order valence-electron chi connectivity index (χ2n) is 6.23. The van der Waals surface area contributed by atoms with Crippen molar-refractivity contribution in [2.75, 3.05) is 11.1 Å². The van der Waals surface area contributed by atoms with E-state index in [1.807, 2.05) is 24.3 Å². The predicted molar refractivity (Wildman–Crippen MR) is 108 cm³/mol. The molecule has 3 aromatic heterocycles. The highest BCUT2D eigenvalue weighted by Crippen LogP contribution is 2.34. The highest BCUT2D eigenvalue weighted by Gasteiger charge is 2.20. The van der Waals surface area contributed by atoms with Gasteiger partial charge in [0, 0.05) is 34.4 Å². The van der Waals surface area contributed by atoms with Gasteiger partial charge < -0.3 is 11.1 Å². The van der Waals surface area contributed by atoms with Gasteiger partial charge in [0.15, 0.2) is 5.78 Å². The molecule has 0 saturated heterocycles. The fraction of sp³-hybridized carbons (Fsp3) is 0.100. The zero-order chi connectivity index (χ0) is 19.1. The van der Waals surface area contributed by atoms with E-state index < -0.39 is 0 Å². The second-order valence-corrected chi connectivity index (χ2v) is 7.23. The molecule has 0 fully saturated rings. The molecule has 0 unspecified atom stereocenters. The number of nitrogens with two attached hydrogens (primary N) is 1. The Hall–Kier alpha value is -3.32. The predicted octanol–water partition coefficient (Wildman–Crippen LogP) is 4.19. The number of amides is 1. The monoisotopic (exact) mass is 376 g/mol. The summed E-state index contributed by atoms with van der Waals surface area (Å²) >= 11 is 1.22. The molecule has 0 radical (unpaired) electrons. The molecule has 6 nitrogen and oxygen atoms in total. The average molecular weight is 376 g/mol. The number of thiophene rings is 1. The first kappa shape index (κ1) is 17.1. The summed E-state index contributed by atoms with van der Waals surface area (Å²) < 4.78 is 0. The summed E-state index contributed by atoms with van der Waals surface area (Å²) in [5.74, 6) is -0.393. The van der Waals surface area contributed by atoms with Crippen molar-refractivity contribution in [1.82, 2.24) is 9.97 Å². The summed E-state index contributed by atoms with van der Waals surface area (Å²) in [7, 11) is 0. The van der Waals surface area contributed by atoms with E-state index in [1.54, 1.807) is 25.4 Å². The van der Waals surface area contributed by atoms with Gasteiger partial charge in [0.1, 0.15) is 9.71 Å². The summed E-state index contributed by atoms with van der Waals surface area (Å²) in [5, 5.41) is 5.37. The Morgan fingerprint density at radius 2 is 2.00 bits per heavy atom. The first-order valence-corrected chi connectivity index (χ1v) is 9.12. The smallest absolute Gasteiger partial charge is 0.267 e. The maximum absolute atomic E-state index is 12.9. The SMILES string of the molecule is CC(=O)c1cc2c(N)c(C(=O)Nc3cccc4ccncc34)sc2nc1C. The molecular weight excluding hydrogens is 360 g/mol. The van der Waals surface area contributed by atoms with Gasteiger partial charge in [-0.1, -0.05) is 12.1 Å². The van der Waals surface area contributed by atoms with Gasteiger partial charge in [-0.2, -0.15) is 0 Å². The fourth-order valence-electron chi connectivity index (χ4n) is 3.05. The third-order valence-corrected chi connectivity index (χ3v) is 5.54. The first-order valence-electron chi connectivity index (χ1n) is 8.30. The lowest BCUT2D eigenvalue weighted by atomic mass is 10.1. The van der Waals surface area contributed by atoms with Gasteiger partial charge in [-0.15, -0.1) is 11.3 Å². The number of aromatic nitrogens is 2. The largest absolute Gasteiger partial charge is 0.397 e. The van der Waals surface area contributed by atoms with Crippen LogP contribution in [0.4, 0.5) is 11.4 Å². The zero-order valence-electron chi connectivity index (χ0n) is 14.7. The van der Waals surface area contributed by atoms with Crippen molar-refractivity contribution < 1.29 is 9.59 Å². The summed E-state index contributed by atoms with van der Waals surface area (Å²) in [6, 6.07) is 9.24. The molecule has 7 heteroatoms. The number of ketones is 1. The van der Waals surface area contributed by atoms with E-state index in [-0.39, 0.29) is 11.7 Å². The Kier molecular flexibility index (Phi) is 4.08. The van der Waals surface area contributed by atoms with Crippen LogP contribution in [0.5, 0.6) is 0 Å². The van der Waals surface area contributed by atoms with E-state index in [2.05, 4.69) is 15.3 Å². The van der Waals surface area contributed by atoms with Gasteiger partial charge in [0.25, 0.3) is 5.91 Å². The summed E-state index contributed by atoms with van der Waals surface area (Å²) in [6.07, 6.45) is 3.42. The quantitative estimate of drug-likeness (QED) is 0.523. The topological polar surface area (TPSA) is 98.0 Å². The number of aryl methyl sites for hydroxylation is 1. The normalized spacial score (nSPS) is 11.0. The van der Waals surface area contributed by atoms with Gasteiger partial charge in [0.2, 0.25) is 0 Å². The molecular formula is C20H16N4O2S. The van der Waals surface area contributed by atoms with Gasteiger partial charge in [0.05, 0.1) is 11.4 Å². The number of benzene rings is 1. The van der Waals surface area contributed by atoms with Crippen LogP contribution in [0.2, 0.25) is 0 Å². The zero-order valence-corrected chi connectivity index (χ0v) is 15.6. The molecule has 0 bridgehead atoms. The van der Waals surface area contributed by atoms with Gasteiger partial charge >= 0.3 is 0 Å². The molecule has 0 saturated carbocycles. The lowest BCUT2D eigenvalue weighted by Gasteiger charge is -2.07. The maximum Gasteiger partial charge on any atom is 0.267 e. The van der Waals surface area contributed by atoms with Crippen LogP contribution in [0.3, 0.4) is 0 Å². The fourth-order valence-corrected chi connectivity index (χ4v) is 4.07. The number of carbonyl (C=O) groups is 2. The number of nitrogen functional groups attached to an aromatic ring is 1.